The number of hydrogen-bond acceptors (Lipinski definition) is 3. The number of benzene rings is 1. The fourth-order valence-corrected chi connectivity index (χ4v) is 2.12. The number of carbonyl (C=O) groups excluding carboxylic acids is 2. The lowest BCUT2D eigenvalue weighted by atomic mass is 10.1. The summed E-state index contributed by atoms with van der Waals surface area (Å²) in [4.78, 5) is 24.7. The number of piperazine rings is 1. The van der Waals surface area contributed by atoms with Crippen LogP contribution in [0.4, 0.5) is 18.9 Å². The summed E-state index contributed by atoms with van der Waals surface area (Å²) in [5, 5.41) is 5.00. The van der Waals surface area contributed by atoms with Gasteiger partial charge < -0.3 is 15.5 Å². The van der Waals surface area contributed by atoms with Crippen molar-refractivity contribution in [1.29, 1.82) is 0 Å². The van der Waals surface area contributed by atoms with Crippen LogP contribution < -0.4 is 10.6 Å². The van der Waals surface area contributed by atoms with Gasteiger partial charge in [0.2, 0.25) is 5.91 Å². The average Bonchev–Trinajstić information content (AvgIpc) is 2.45. The molecule has 1 saturated heterocycles. The van der Waals surface area contributed by atoms with E-state index in [-0.39, 0.29) is 30.2 Å². The molecule has 0 aliphatic carbocycles. The molecule has 0 radical (unpaired) electrons. The Balaban J connectivity index is 2.31. The maximum atomic E-state index is 13.0. The van der Waals surface area contributed by atoms with Crippen molar-refractivity contribution in [2.45, 2.75) is 6.18 Å². The predicted octanol–water partition coefficient (Wildman–Crippen LogP) is 1.32. The molecule has 0 aromatic heterocycles. The zero-order chi connectivity index (χ0) is 15.6. The van der Waals surface area contributed by atoms with Gasteiger partial charge in [-0.05, 0) is 18.2 Å². The highest BCUT2D eigenvalue weighted by molar-refractivity contribution is 5.97. The van der Waals surface area contributed by atoms with Crippen molar-refractivity contribution in [2.24, 2.45) is 0 Å². The van der Waals surface area contributed by atoms with E-state index < -0.39 is 17.6 Å². The van der Waals surface area contributed by atoms with Gasteiger partial charge in [-0.25, -0.2) is 0 Å². The second kappa shape index (κ2) is 5.63. The monoisotopic (exact) mass is 301 g/mol. The third kappa shape index (κ3) is 3.26. The fraction of sp³-hybridized carbons (Fsp3) is 0.385. The van der Waals surface area contributed by atoms with Gasteiger partial charge in [0.05, 0.1) is 12.1 Å². The molecule has 2 rings (SSSR count). The maximum Gasteiger partial charge on any atom is 0.418 e. The van der Waals surface area contributed by atoms with E-state index in [0.29, 0.717) is 6.54 Å². The van der Waals surface area contributed by atoms with Crippen molar-refractivity contribution in [3.63, 3.8) is 0 Å². The molecule has 1 aliphatic rings. The third-order valence-corrected chi connectivity index (χ3v) is 3.17. The SMILES string of the molecule is CNc1ccc(C(=O)N2CCNC(=O)C2)cc1C(F)(F)F. The van der Waals surface area contributed by atoms with Crippen molar-refractivity contribution in [2.75, 3.05) is 32.0 Å². The summed E-state index contributed by atoms with van der Waals surface area (Å²) in [6.07, 6.45) is -4.56. The molecule has 21 heavy (non-hydrogen) atoms. The molecule has 2 N–H and O–H groups in total. The lowest BCUT2D eigenvalue weighted by Gasteiger charge is -2.27. The minimum atomic E-state index is -4.56. The molecule has 0 unspecified atom stereocenters. The second-order valence-electron chi connectivity index (χ2n) is 4.58. The molecule has 1 aromatic rings. The fourth-order valence-electron chi connectivity index (χ4n) is 2.12. The van der Waals surface area contributed by atoms with Gasteiger partial charge in [-0.15, -0.1) is 0 Å². The normalized spacial score (nSPS) is 15.6. The third-order valence-electron chi connectivity index (χ3n) is 3.17. The summed E-state index contributed by atoms with van der Waals surface area (Å²) >= 11 is 0. The number of amides is 2. The quantitative estimate of drug-likeness (QED) is 0.866. The molecule has 1 fully saturated rings. The van der Waals surface area contributed by atoms with Crippen molar-refractivity contribution < 1.29 is 22.8 Å². The number of hydrogen-bond donors (Lipinski definition) is 2. The van der Waals surface area contributed by atoms with E-state index in [1.54, 1.807) is 0 Å². The van der Waals surface area contributed by atoms with Crippen LogP contribution in [-0.2, 0) is 11.0 Å². The van der Waals surface area contributed by atoms with Crippen molar-refractivity contribution >= 4 is 17.5 Å². The van der Waals surface area contributed by atoms with Crippen LogP contribution in [0.3, 0.4) is 0 Å². The number of nitrogens with zero attached hydrogens (tertiary/aromatic N) is 1. The molecule has 8 heteroatoms. The summed E-state index contributed by atoms with van der Waals surface area (Å²) < 4.78 is 38.9. The lowest BCUT2D eigenvalue weighted by molar-refractivity contribution is -0.137. The van der Waals surface area contributed by atoms with Crippen LogP contribution in [0.25, 0.3) is 0 Å². The van der Waals surface area contributed by atoms with Gasteiger partial charge in [0.15, 0.2) is 0 Å². The van der Waals surface area contributed by atoms with Crippen LogP contribution in [0.1, 0.15) is 15.9 Å². The summed E-state index contributed by atoms with van der Waals surface area (Å²) in [5.41, 5.74) is -1.09. The Morgan fingerprint density at radius 3 is 2.67 bits per heavy atom. The number of carbonyl (C=O) groups is 2. The molecule has 0 bridgehead atoms. The maximum absolute atomic E-state index is 13.0. The molecular weight excluding hydrogens is 287 g/mol. The van der Waals surface area contributed by atoms with E-state index in [9.17, 15) is 22.8 Å². The molecule has 0 saturated carbocycles. The van der Waals surface area contributed by atoms with Crippen molar-refractivity contribution in [1.82, 2.24) is 10.2 Å². The van der Waals surface area contributed by atoms with Gasteiger partial charge in [0, 0.05) is 31.4 Å². The highest BCUT2D eigenvalue weighted by atomic mass is 19.4. The van der Waals surface area contributed by atoms with E-state index in [4.69, 9.17) is 0 Å². The summed E-state index contributed by atoms with van der Waals surface area (Å²) in [6, 6.07) is 3.33. The molecule has 1 aliphatic heterocycles. The van der Waals surface area contributed by atoms with E-state index in [0.717, 1.165) is 6.07 Å². The minimum Gasteiger partial charge on any atom is -0.388 e. The van der Waals surface area contributed by atoms with Crippen LogP contribution in [-0.4, -0.2) is 43.4 Å². The van der Waals surface area contributed by atoms with Crippen LogP contribution in [0.5, 0.6) is 0 Å². The topological polar surface area (TPSA) is 61.4 Å². The second-order valence-corrected chi connectivity index (χ2v) is 4.58. The Kier molecular flexibility index (Phi) is 4.06. The first-order valence-corrected chi connectivity index (χ1v) is 6.28. The Labute approximate surface area is 119 Å². The van der Waals surface area contributed by atoms with Gasteiger partial charge in [-0.3, -0.25) is 9.59 Å². The summed E-state index contributed by atoms with van der Waals surface area (Å²) in [7, 11) is 1.38. The standard InChI is InChI=1S/C13H14F3N3O2/c1-17-10-3-2-8(6-9(10)13(14,15)16)12(21)19-5-4-18-11(20)7-19/h2-3,6,17H,4-5,7H2,1H3,(H,18,20). The first-order valence-electron chi connectivity index (χ1n) is 6.28. The zero-order valence-electron chi connectivity index (χ0n) is 11.3. The highest BCUT2D eigenvalue weighted by Gasteiger charge is 2.34. The molecule has 1 heterocycles. The van der Waals surface area contributed by atoms with E-state index in [1.807, 2.05) is 0 Å². The Bertz CT molecular complexity index is 572. The average molecular weight is 301 g/mol. The number of nitrogens with one attached hydrogen (secondary N) is 2. The summed E-state index contributed by atoms with van der Waals surface area (Å²) in [6.45, 7) is 0.430. The largest absolute Gasteiger partial charge is 0.418 e. The molecule has 0 spiro atoms. The number of rotatable bonds is 2. The minimum absolute atomic E-state index is 0.0870. The van der Waals surface area contributed by atoms with Crippen molar-refractivity contribution in [3.8, 4) is 0 Å². The molecule has 0 atom stereocenters. The van der Waals surface area contributed by atoms with E-state index in [2.05, 4.69) is 10.6 Å². The predicted molar refractivity (Wildman–Crippen MR) is 69.9 cm³/mol. The molecule has 2 amide bonds. The van der Waals surface area contributed by atoms with Crippen LogP contribution in [0, 0.1) is 0 Å². The first-order chi connectivity index (χ1) is 9.82. The smallest absolute Gasteiger partial charge is 0.388 e. The van der Waals surface area contributed by atoms with Gasteiger partial charge in [-0.2, -0.15) is 13.2 Å². The van der Waals surface area contributed by atoms with Gasteiger partial charge in [0.25, 0.3) is 5.91 Å². The van der Waals surface area contributed by atoms with Crippen LogP contribution >= 0.6 is 0 Å². The Morgan fingerprint density at radius 2 is 2.10 bits per heavy atom. The zero-order valence-corrected chi connectivity index (χ0v) is 11.3. The van der Waals surface area contributed by atoms with Crippen LogP contribution in [0.15, 0.2) is 18.2 Å². The van der Waals surface area contributed by atoms with E-state index >= 15 is 0 Å². The first kappa shape index (κ1) is 15.1. The molecule has 114 valence electrons. The van der Waals surface area contributed by atoms with Gasteiger partial charge in [-0.1, -0.05) is 0 Å². The highest BCUT2D eigenvalue weighted by Crippen LogP contribution is 2.35. The van der Waals surface area contributed by atoms with E-state index in [1.165, 1.54) is 24.1 Å². The number of anilines is 1. The number of alkyl halides is 3. The Morgan fingerprint density at radius 1 is 1.38 bits per heavy atom. The van der Waals surface area contributed by atoms with Crippen molar-refractivity contribution in [3.05, 3.63) is 29.3 Å². The molecular formula is C13H14F3N3O2. The Hall–Kier alpha value is -2.25. The van der Waals surface area contributed by atoms with Crippen LogP contribution in [0.2, 0.25) is 0 Å². The lowest BCUT2D eigenvalue weighted by Crippen LogP contribution is -2.50. The van der Waals surface area contributed by atoms with Gasteiger partial charge >= 0.3 is 6.18 Å². The molecule has 1 aromatic carbocycles. The molecule has 5 nitrogen and oxygen atoms in total. The van der Waals surface area contributed by atoms with Gasteiger partial charge in [0.1, 0.15) is 0 Å². The summed E-state index contributed by atoms with van der Waals surface area (Å²) in [5.74, 6) is -0.907. The number of halogens is 3.